The summed E-state index contributed by atoms with van der Waals surface area (Å²) in [6.45, 7) is 4.38. The molecule has 52 heavy (non-hydrogen) atoms. The van der Waals surface area contributed by atoms with Crippen molar-refractivity contribution in [3.8, 4) is 0 Å². The van der Waals surface area contributed by atoms with Gasteiger partial charge in [-0.3, -0.25) is 18.6 Å². The van der Waals surface area contributed by atoms with Gasteiger partial charge in [0, 0.05) is 12.8 Å². The SMILES string of the molecule is CCCCCCC/C=C\CCCCCCCC(=O)OCC(COP(=O)(O)OCC[N+](C)(C)C)OC(=O)CCCCCCC/C=C\CCCCCCC. The minimum Gasteiger partial charge on any atom is -0.462 e. The Morgan fingerprint density at radius 1 is 0.577 bits per heavy atom. The van der Waals surface area contributed by atoms with Gasteiger partial charge in [-0.25, -0.2) is 4.57 Å². The first kappa shape index (κ1) is 50.5. The van der Waals surface area contributed by atoms with Crippen LogP contribution in [0.3, 0.4) is 0 Å². The van der Waals surface area contributed by atoms with E-state index < -0.39 is 26.5 Å². The molecule has 2 atom stereocenters. The first-order chi connectivity index (χ1) is 25.0. The van der Waals surface area contributed by atoms with Gasteiger partial charge in [0.25, 0.3) is 0 Å². The molecule has 0 heterocycles. The molecule has 0 aromatic carbocycles. The summed E-state index contributed by atoms with van der Waals surface area (Å²) in [5.74, 6) is -0.817. The molecule has 9 nitrogen and oxygen atoms in total. The Kier molecular flexibility index (Phi) is 34.2. The molecule has 0 fully saturated rings. The fourth-order valence-electron chi connectivity index (χ4n) is 5.59. The Hall–Kier alpha value is -1.51. The number of hydrogen-bond acceptors (Lipinski definition) is 7. The van der Waals surface area contributed by atoms with Gasteiger partial charge >= 0.3 is 19.8 Å². The molecule has 0 aromatic heterocycles. The maximum atomic E-state index is 12.6. The highest BCUT2D eigenvalue weighted by Gasteiger charge is 2.27. The van der Waals surface area contributed by atoms with Gasteiger partial charge in [-0.15, -0.1) is 0 Å². The zero-order valence-electron chi connectivity index (χ0n) is 34.3. The van der Waals surface area contributed by atoms with E-state index in [1.54, 1.807) is 0 Å². The van der Waals surface area contributed by atoms with Crippen molar-refractivity contribution in [1.29, 1.82) is 0 Å². The van der Waals surface area contributed by atoms with Crippen LogP contribution in [0.4, 0.5) is 0 Å². The number of nitrogens with zero attached hydrogens (tertiary/aromatic N) is 1. The van der Waals surface area contributed by atoms with Crippen LogP contribution >= 0.6 is 7.82 Å². The van der Waals surface area contributed by atoms with Gasteiger partial charge in [-0.05, 0) is 64.2 Å². The number of quaternary nitrogens is 1. The second-order valence-corrected chi connectivity index (χ2v) is 16.8. The molecule has 0 aliphatic carbocycles. The highest BCUT2D eigenvalue weighted by atomic mass is 31.2. The topological polar surface area (TPSA) is 108 Å². The maximum Gasteiger partial charge on any atom is 0.472 e. The zero-order chi connectivity index (χ0) is 38.6. The van der Waals surface area contributed by atoms with Gasteiger partial charge in [0.15, 0.2) is 6.10 Å². The molecule has 0 saturated heterocycles. The third-order valence-corrected chi connectivity index (χ3v) is 9.94. The summed E-state index contributed by atoms with van der Waals surface area (Å²) >= 11 is 0. The number of hydrogen-bond donors (Lipinski definition) is 1. The van der Waals surface area contributed by atoms with Gasteiger partial charge in [0.1, 0.15) is 19.8 Å². The van der Waals surface area contributed by atoms with E-state index in [1.165, 1.54) is 77.0 Å². The molecule has 0 spiro atoms. The first-order valence-electron chi connectivity index (χ1n) is 21.1. The van der Waals surface area contributed by atoms with E-state index in [2.05, 4.69) is 38.2 Å². The standard InChI is InChI=1S/C42H80NO8P/c1-6-8-10-12-14-16-18-20-22-24-26-28-30-32-34-41(44)48-38-40(39-50-52(46,47)49-37-36-43(3,4)5)51-42(45)35-33-31-29-27-25-23-21-19-17-15-13-11-9-7-2/h18-21,40H,6-17,22-39H2,1-5H3/p+1/b20-18-,21-19-. The van der Waals surface area contributed by atoms with Crippen LogP contribution in [0.25, 0.3) is 0 Å². The number of esters is 2. The van der Waals surface area contributed by atoms with E-state index in [4.69, 9.17) is 18.5 Å². The van der Waals surface area contributed by atoms with Crippen LogP contribution in [-0.4, -0.2) is 74.9 Å². The highest BCUT2D eigenvalue weighted by molar-refractivity contribution is 7.47. The molecular formula is C42H81NO8P+. The van der Waals surface area contributed by atoms with Crippen molar-refractivity contribution in [3.05, 3.63) is 24.3 Å². The van der Waals surface area contributed by atoms with Crippen LogP contribution in [0.2, 0.25) is 0 Å². The molecule has 10 heteroatoms. The quantitative estimate of drug-likeness (QED) is 0.0218. The fraction of sp³-hybridized carbons (Fsp3) is 0.857. The maximum absolute atomic E-state index is 12.6. The molecule has 0 amide bonds. The van der Waals surface area contributed by atoms with Crippen molar-refractivity contribution in [2.45, 2.75) is 187 Å². The molecule has 0 saturated carbocycles. The first-order valence-corrected chi connectivity index (χ1v) is 22.6. The summed E-state index contributed by atoms with van der Waals surface area (Å²) in [7, 11) is 1.47. The molecule has 0 aliphatic heterocycles. The number of phosphoric ester groups is 1. The van der Waals surface area contributed by atoms with Crippen molar-refractivity contribution in [3.63, 3.8) is 0 Å². The van der Waals surface area contributed by atoms with Crippen LogP contribution in [0, 0.1) is 0 Å². The number of carbonyl (C=O) groups is 2. The number of ether oxygens (including phenoxy) is 2. The minimum atomic E-state index is -4.37. The van der Waals surface area contributed by atoms with Gasteiger partial charge in [0.2, 0.25) is 0 Å². The third-order valence-electron chi connectivity index (χ3n) is 8.95. The molecule has 0 bridgehead atoms. The Bertz CT molecular complexity index is 949. The van der Waals surface area contributed by atoms with E-state index in [0.29, 0.717) is 17.4 Å². The van der Waals surface area contributed by atoms with Crippen LogP contribution in [0.1, 0.15) is 181 Å². The van der Waals surface area contributed by atoms with Crippen LogP contribution in [-0.2, 0) is 32.7 Å². The largest absolute Gasteiger partial charge is 0.472 e. The predicted molar refractivity (Wildman–Crippen MR) is 215 cm³/mol. The molecule has 2 unspecified atom stereocenters. The van der Waals surface area contributed by atoms with E-state index in [1.807, 2.05) is 21.1 Å². The molecule has 0 aliphatic rings. The predicted octanol–water partition coefficient (Wildman–Crippen LogP) is 11.6. The molecule has 0 aromatic rings. The third kappa shape index (κ3) is 38.2. The van der Waals surface area contributed by atoms with Crippen molar-refractivity contribution in [2.24, 2.45) is 0 Å². The minimum absolute atomic E-state index is 0.0298. The molecule has 1 N–H and O–H groups in total. The Labute approximate surface area is 319 Å². The van der Waals surface area contributed by atoms with Crippen LogP contribution < -0.4 is 0 Å². The normalized spacial score (nSPS) is 13.9. The molecule has 306 valence electrons. The molecule has 0 rings (SSSR count). The van der Waals surface area contributed by atoms with Crippen molar-refractivity contribution >= 4 is 19.8 Å². The molecule has 0 radical (unpaired) electrons. The summed E-state index contributed by atoms with van der Waals surface area (Å²) in [6.07, 6.45) is 36.5. The Morgan fingerprint density at radius 2 is 0.981 bits per heavy atom. The number of likely N-dealkylation sites (N-methyl/N-ethyl adjacent to an activating group) is 1. The Morgan fingerprint density at radius 3 is 1.42 bits per heavy atom. The second-order valence-electron chi connectivity index (χ2n) is 15.4. The summed E-state index contributed by atoms with van der Waals surface area (Å²) in [6, 6.07) is 0. The van der Waals surface area contributed by atoms with Crippen molar-refractivity contribution in [2.75, 3.05) is 47.5 Å². The lowest BCUT2D eigenvalue weighted by Gasteiger charge is -2.24. The monoisotopic (exact) mass is 759 g/mol. The van der Waals surface area contributed by atoms with E-state index in [9.17, 15) is 19.0 Å². The van der Waals surface area contributed by atoms with Gasteiger partial charge in [-0.1, -0.05) is 128 Å². The lowest BCUT2D eigenvalue weighted by molar-refractivity contribution is -0.870. The lowest BCUT2D eigenvalue weighted by atomic mass is 10.1. The summed E-state index contributed by atoms with van der Waals surface area (Å²) in [5.41, 5.74) is 0. The summed E-state index contributed by atoms with van der Waals surface area (Å²) < 4.78 is 34.2. The number of unbranched alkanes of at least 4 members (excludes halogenated alkanes) is 20. The average Bonchev–Trinajstić information content (AvgIpc) is 3.09. The second kappa shape index (κ2) is 35.2. The zero-order valence-corrected chi connectivity index (χ0v) is 35.2. The smallest absolute Gasteiger partial charge is 0.462 e. The number of rotatable bonds is 38. The fourth-order valence-corrected chi connectivity index (χ4v) is 6.33. The number of phosphoric acid groups is 1. The number of allylic oxidation sites excluding steroid dienone is 4. The summed E-state index contributed by atoms with van der Waals surface area (Å²) in [4.78, 5) is 35.3. The van der Waals surface area contributed by atoms with Crippen molar-refractivity contribution in [1.82, 2.24) is 0 Å². The van der Waals surface area contributed by atoms with Crippen molar-refractivity contribution < 1.29 is 42.1 Å². The van der Waals surface area contributed by atoms with E-state index in [0.717, 1.165) is 70.6 Å². The molecular weight excluding hydrogens is 677 g/mol. The van der Waals surface area contributed by atoms with Gasteiger partial charge in [0.05, 0.1) is 27.7 Å². The summed E-state index contributed by atoms with van der Waals surface area (Å²) in [5, 5.41) is 0. The highest BCUT2D eigenvalue weighted by Crippen LogP contribution is 2.43. The van der Waals surface area contributed by atoms with E-state index in [-0.39, 0.29) is 32.0 Å². The van der Waals surface area contributed by atoms with Gasteiger partial charge < -0.3 is 18.9 Å². The lowest BCUT2D eigenvalue weighted by Crippen LogP contribution is -2.37. The van der Waals surface area contributed by atoms with Gasteiger partial charge in [-0.2, -0.15) is 0 Å². The Balaban J connectivity index is 4.41. The average molecular weight is 759 g/mol. The number of carbonyl (C=O) groups excluding carboxylic acids is 2. The van der Waals surface area contributed by atoms with E-state index >= 15 is 0 Å². The van der Waals surface area contributed by atoms with Crippen LogP contribution in [0.5, 0.6) is 0 Å². The van der Waals surface area contributed by atoms with Crippen LogP contribution in [0.15, 0.2) is 24.3 Å².